The summed E-state index contributed by atoms with van der Waals surface area (Å²) in [5.74, 6) is 0.275. The number of nitrogens with zero attached hydrogens (tertiary/aromatic N) is 4. The van der Waals surface area contributed by atoms with Crippen molar-refractivity contribution in [1.82, 2.24) is 30.2 Å². The second-order valence-corrected chi connectivity index (χ2v) is 8.36. The molecule has 1 aromatic carbocycles. The molecule has 3 heterocycles. The number of benzene rings is 1. The van der Waals surface area contributed by atoms with Gasteiger partial charge in [0.2, 0.25) is 5.91 Å². The molecule has 0 saturated carbocycles. The van der Waals surface area contributed by atoms with Gasteiger partial charge >= 0.3 is 0 Å². The number of aromatic nitrogens is 4. The Balaban J connectivity index is 1.39. The lowest BCUT2D eigenvalue weighted by atomic mass is 10.0. The highest BCUT2D eigenvalue weighted by atomic mass is 16.2. The lowest BCUT2D eigenvalue weighted by Gasteiger charge is -2.32. The van der Waals surface area contributed by atoms with Crippen LogP contribution in [-0.4, -0.2) is 56.3 Å². The summed E-state index contributed by atoms with van der Waals surface area (Å²) in [7, 11) is 0. The fourth-order valence-electron chi connectivity index (χ4n) is 3.90. The van der Waals surface area contributed by atoms with Gasteiger partial charge < -0.3 is 15.2 Å². The highest BCUT2D eigenvalue weighted by Crippen LogP contribution is 2.23. The van der Waals surface area contributed by atoms with Gasteiger partial charge in [0, 0.05) is 36.7 Å². The molecule has 0 spiro atoms. The summed E-state index contributed by atoms with van der Waals surface area (Å²) in [6.45, 7) is 6.01. The van der Waals surface area contributed by atoms with Crippen LogP contribution in [0.2, 0.25) is 0 Å². The van der Waals surface area contributed by atoms with Crippen LogP contribution in [0.3, 0.4) is 0 Å². The van der Waals surface area contributed by atoms with E-state index in [4.69, 9.17) is 0 Å². The van der Waals surface area contributed by atoms with Crippen molar-refractivity contribution in [2.75, 3.05) is 19.6 Å². The van der Waals surface area contributed by atoms with Crippen molar-refractivity contribution in [3.63, 3.8) is 0 Å². The van der Waals surface area contributed by atoms with Crippen LogP contribution < -0.4 is 5.32 Å². The van der Waals surface area contributed by atoms with Crippen LogP contribution in [-0.2, 0) is 11.2 Å². The van der Waals surface area contributed by atoms with E-state index in [0.717, 1.165) is 35.9 Å². The van der Waals surface area contributed by atoms with Crippen LogP contribution in [0.1, 0.15) is 48.8 Å². The maximum atomic E-state index is 13.0. The van der Waals surface area contributed by atoms with Crippen LogP contribution in [0.5, 0.6) is 0 Å². The number of rotatable bonds is 6. The van der Waals surface area contributed by atoms with Gasteiger partial charge in [0.05, 0.1) is 18.7 Å². The van der Waals surface area contributed by atoms with Crippen molar-refractivity contribution >= 4 is 22.7 Å². The van der Waals surface area contributed by atoms with Gasteiger partial charge in [0.1, 0.15) is 0 Å². The fourth-order valence-corrected chi connectivity index (χ4v) is 3.90. The van der Waals surface area contributed by atoms with Crippen molar-refractivity contribution in [1.29, 1.82) is 0 Å². The molecule has 0 aliphatic carbocycles. The number of amides is 2. The van der Waals surface area contributed by atoms with Gasteiger partial charge in [-0.3, -0.25) is 9.59 Å². The number of piperidine rings is 1. The molecule has 1 fully saturated rings. The topological polar surface area (TPSA) is 95.9 Å². The Morgan fingerprint density at radius 3 is 2.97 bits per heavy atom. The normalized spacial score (nSPS) is 16.9. The molecule has 3 aromatic rings. The summed E-state index contributed by atoms with van der Waals surface area (Å²) in [6, 6.07) is 8.05. The van der Waals surface area contributed by atoms with Crippen LogP contribution in [0.15, 0.2) is 36.7 Å². The average molecular weight is 409 g/mol. The molecule has 30 heavy (non-hydrogen) atoms. The van der Waals surface area contributed by atoms with Crippen molar-refractivity contribution in [3.8, 4) is 0 Å². The fraction of sp³-hybridized carbons (Fsp3) is 0.455. The number of carbonyl (C=O) groups is 2. The molecule has 4 rings (SSSR count). The molecule has 158 valence electrons. The number of fused-ring (bicyclic) bond motifs is 1. The van der Waals surface area contributed by atoms with E-state index in [-0.39, 0.29) is 17.9 Å². The molecular weight excluding hydrogens is 380 g/mol. The predicted octanol–water partition coefficient (Wildman–Crippen LogP) is 2.55. The predicted molar refractivity (Wildman–Crippen MR) is 114 cm³/mol. The zero-order chi connectivity index (χ0) is 21.1. The number of H-pyrrole nitrogens is 1. The lowest BCUT2D eigenvalue weighted by molar-refractivity contribution is -0.132. The monoisotopic (exact) mass is 408 g/mol. The van der Waals surface area contributed by atoms with E-state index >= 15 is 0 Å². The molecule has 1 unspecified atom stereocenters. The third-order valence-electron chi connectivity index (χ3n) is 5.55. The molecule has 0 radical (unpaired) electrons. The molecule has 1 atom stereocenters. The summed E-state index contributed by atoms with van der Waals surface area (Å²) >= 11 is 0. The van der Waals surface area contributed by atoms with E-state index in [2.05, 4.69) is 20.6 Å². The maximum absolute atomic E-state index is 13.0. The number of likely N-dealkylation sites (tertiary alicyclic amines) is 1. The second kappa shape index (κ2) is 8.69. The van der Waals surface area contributed by atoms with Gasteiger partial charge in [-0.2, -0.15) is 0 Å². The second-order valence-electron chi connectivity index (χ2n) is 8.36. The number of hydrogen-bond acceptors (Lipinski definition) is 4. The smallest absolute Gasteiger partial charge is 0.273 e. The van der Waals surface area contributed by atoms with E-state index in [1.54, 1.807) is 10.9 Å². The molecular formula is C22H28N6O2. The highest BCUT2D eigenvalue weighted by Gasteiger charge is 2.26. The molecule has 2 aromatic heterocycles. The first-order chi connectivity index (χ1) is 14.5. The van der Waals surface area contributed by atoms with E-state index in [1.165, 1.54) is 0 Å². The van der Waals surface area contributed by atoms with Crippen LogP contribution >= 0.6 is 0 Å². The van der Waals surface area contributed by atoms with E-state index in [1.807, 2.05) is 49.2 Å². The molecule has 2 N–H and O–H groups in total. The van der Waals surface area contributed by atoms with Gasteiger partial charge in [-0.05, 0) is 30.4 Å². The van der Waals surface area contributed by atoms with Gasteiger partial charge in [-0.15, -0.1) is 5.10 Å². The van der Waals surface area contributed by atoms with Gasteiger partial charge in [-0.1, -0.05) is 37.3 Å². The lowest BCUT2D eigenvalue weighted by Crippen LogP contribution is -2.41. The summed E-state index contributed by atoms with van der Waals surface area (Å²) in [5.41, 5.74) is 2.38. The summed E-state index contributed by atoms with van der Waals surface area (Å²) < 4.78 is 1.73. The SMILES string of the molecule is CC(C)CNC(=O)c1cn(C2CCCN(C(=O)Cc3c[nH]c4ccccc34)C2)nn1. The molecule has 1 aliphatic rings. The van der Waals surface area contributed by atoms with Gasteiger partial charge in [0.15, 0.2) is 5.69 Å². The molecule has 8 nitrogen and oxygen atoms in total. The Labute approximate surface area is 175 Å². The zero-order valence-corrected chi connectivity index (χ0v) is 17.5. The van der Waals surface area contributed by atoms with Crippen molar-refractivity contribution in [2.45, 2.75) is 39.2 Å². The number of aromatic amines is 1. The van der Waals surface area contributed by atoms with Crippen molar-refractivity contribution in [3.05, 3.63) is 47.9 Å². The van der Waals surface area contributed by atoms with E-state index in [9.17, 15) is 9.59 Å². The number of para-hydroxylation sites is 1. The summed E-state index contributed by atoms with van der Waals surface area (Å²) in [6.07, 6.45) is 5.79. The Morgan fingerprint density at radius 2 is 2.13 bits per heavy atom. The van der Waals surface area contributed by atoms with Crippen LogP contribution in [0.25, 0.3) is 10.9 Å². The zero-order valence-electron chi connectivity index (χ0n) is 17.5. The molecule has 2 amide bonds. The number of nitrogens with one attached hydrogen (secondary N) is 2. The minimum Gasteiger partial charge on any atom is -0.361 e. The third-order valence-corrected chi connectivity index (χ3v) is 5.55. The first kappa shape index (κ1) is 20.1. The Kier molecular flexibility index (Phi) is 5.83. The maximum Gasteiger partial charge on any atom is 0.273 e. The van der Waals surface area contributed by atoms with E-state index < -0.39 is 0 Å². The van der Waals surface area contributed by atoms with E-state index in [0.29, 0.717) is 31.1 Å². The standard InChI is InChI=1S/C22H28N6O2/c1-15(2)11-24-22(30)20-14-28(26-25-20)17-6-5-9-27(13-17)21(29)10-16-12-23-19-8-4-3-7-18(16)19/h3-4,7-8,12,14-15,17,23H,5-6,9-11,13H2,1-2H3,(H,24,30). The minimum atomic E-state index is -0.210. The van der Waals surface area contributed by atoms with Gasteiger partial charge in [0.25, 0.3) is 5.91 Å². The largest absolute Gasteiger partial charge is 0.361 e. The molecule has 1 aliphatic heterocycles. The number of hydrogen-bond donors (Lipinski definition) is 2. The minimum absolute atomic E-state index is 0.0322. The molecule has 1 saturated heterocycles. The quantitative estimate of drug-likeness (QED) is 0.655. The molecule has 0 bridgehead atoms. The number of carbonyl (C=O) groups excluding carboxylic acids is 2. The Hall–Kier alpha value is -3.16. The third kappa shape index (κ3) is 4.37. The van der Waals surface area contributed by atoms with Crippen molar-refractivity contribution < 1.29 is 9.59 Å². The first-order valence-electron chi connectivity index (χ1n) is 10.5. The Bertz CT molecular complexity index is 1040. The average Bonchev–Trinajstić information content (AvgIpc) is 3.40. The van der Waals surface area contributed by atoms with Crippen LogP contribution in [0.4, 0.5) is 0 Å². The highest BCUT2D eigenvalue weighted by molar-refractivity contribution is 5.91. The van der Waals surface area contributed by atoms with Crippen molar-refractivity contribution in [2.24, 2.45) is 5.92 Å². The van der Waals surface area contributed by atoms with Crippen LogP contribution in [0, 0.1) is 5.92 Å². The van der Waals surface area contributed by atoms with Gasteiger partial charge in [-0.25, -0.2) is 4.68 Å². The summed E-state index contributed by atoms with van der Waals surface area (Å²) in [5, 5.41) is 12.1. The first-order valence-corrected chi connectivity index (χ1v) is 10.5. The Morgan fingerprint density at radius 1 is 1.30 bits per heavy atom. The summed E-state index contributed by atoms with van der Waals surface area (Å²) in [4.78, 5) is 30.3. The molecule has 8 heteroatoms.